The summed E-state index contributed by atoms with van der Waals surface area (Å²) in [7, 11) is -2.59. The van der Waals surface area contributed by atoms with Crippen molar-refractivity contribution in [3.05, 3.63) is 88.2 Å². The second-order valence-electron chi connectivity index (χ2n) is 11.8. The molecule has 0 fully saturated rings. The molecule has 0 heterocycles. The Bertz CT molecular complexity index is 1520. The van der Waals surface area contributed by atoms with Crippen LogP contribution in [0.5, 0.6) is 0 Å². The Morgan fingerprint density at radius 3 is 2.38 bits per heavy atom. The molecule has 226 valence electrons. The van der Waals surface area contributed by atoms with Crippen molar-refractivity contribution in [2.24, 2.45) is 5.92 Å². The fraction of sp³-hybridized carbons (Fsp3) is 0.406. The molecule has 1 aliphatic rings. The monoisotopic (exact) mass is 616 g/mol. The van der Waals surface area contributed by atoms with Gasteiger partial charge in [-0.05, 0) is 92.0 Å². The molecule has 0 saturated heterocycles. The summed E-state index contributed by atoms with van der Waals surface area (Å²) in [5.41, 5.74) is 3.94. The Labute approximate surface area is 252 Å². The van der Waals surface area contributed by atoms with E-state index in [4.69, 9.17) is 16.7 Å². The average Bonchev–Trinajstić information content (AvgIpc) is 3.32. The molecule has 1 aliphatic carbocycles. The number of hydrogen-bond donors (Lipinski definition) is 3. The zero-order valence-corrected chi connectivity index (χ0v) is 25.7. The van der Waals surface area contributed by atoms with Gasteiger partial charge < -0.3 is 15.5 Å². The highest BCUT2D eigenvalue weighted by molar-refractivity contribution is 7.89. The maximum atomic E-state index is 14.1. The highest BCUT2D eigenvalue weighted by Gasteiger charge is 2.29. The highest BCUT2D eigenvalue weighted by atomic mass is 35.5. The van der Waals surface area contributed by atoms with E-state index >= 15 is 0 Å². The maximum absolute atomic E-state index is 14.1. The van der Waals surface area contributed by atoms with Gasteiger partial charge in [0.1, 0.15) is 5.82 Å². The van der Waals surface area contributed by atoms with E-state index in [0.717, 1.165) is 23.6 Å². The molecule has 3 aromatic rings. The number of hydrogen-bond acceptors (Lipinski definition) is 5. The van der Waals surface area contributed by atoms with Gasteiger partial charge >= 0.3 is 5.97 Å². The fourth-order valence-corrected chi connectivity index (χ4v) is 7.34. The van der Waals surface area contributed by atoms with Gasteiger partial charge in [0.2, 0.25) is 10.0 Å². The van der Waals surface area contributed by atoms with Crippen molar-refractivity contribution in [3.8, 4) is 11.1 Å². The van der Waals surface area contributed by atoms with Crippen LogP contribution in [0.3, 0.4) is 0 Å². The number of halogens is 2. The average molecular weight is 617 g/mol. The first-order chi connectivity index (χ1) is 19.7. The quantitative estimate of drug-likeness (QED) is 0.240. The van der Waals surface area contributed by atoms with Crippen LogP contribution in [-0.4, -0.2) is 60.7 Å². The van der Waals surface area contributed by atoms with Crippen molar-refractivity contribution < 1.29 is 27.8 Å². The van der Waals surface area contributed by atoms with Gasteiger partial charge in [0.25, 0.3) is 0 Å². The second kappa shape index (κ2) is 13.2. The second-order valence-corrected chi connectivity index (χ2v) is 14.2. The molecule has 42 heavy (non-hydrogen) atoms. The number of likely N-dealkylation sites (N-methyl/N-ethyl adjacent to an activating group) is 1. The normalized spacial score (nSPS) is 14.7. The van der Waals surface area contributed by atoms with E-state index in [1.54, 1.807) is 0 Å². The fourth-order valence-electron chi connectivity index (χ4n) is 5.76. The molecule has 4 rings (SSSR count). The zero-order valence-electron chi connectivity index (χ0n) is 24.1. The summed E-state index contributed by atoms with van der Waals surface area (Å²) in [6.45, 7) is 4.30. The Morgan fingerprint density at radius 2 is 1.76 bits per heavy atom. The molecule has 1 unspecified atom stereocenters. The Hall–Kier alpha value is -2.82. The number of carboxylic acids is 1. The predicted octanol–water partition coefficient (Wildman–Crippen LogP) is 5.32. The third kappa shape index (κ3) is 7.96. The number of nitrogens with one attached hydrogen (secondary N) is 1. The molecular formula is C32H38ClFN2O5S. The molecule has 10 heteroatoms. The molecule has 7 nitrogen and oxygen atoms in total. The van der Waals surface area contributed by atoms with Gasteiger partial charge in [-0.2, -0.15) is 4.31 Å². The summed E-state index contributed by atoms with van der Waals surface area (Å²) in [5, 5.41) is 23.3. The van der Waals surface area contributed by atoms with E-state index in [1.165, 1.54) is 54.6 Å². The van der Waals surface area contributed by atoms with Crippen LogP contribution in [-0.2, 0) is 34.1 Å². The number of sulfonamides is 1. The molecule has 0 bridgehead atoms. The lowest BCUT2D eigenvalue weighted by molar-refractivity contribution is -0.136. The minimum atomic E-state index is -3.99. The van der Waals surface area contributed by atoms with Crippen molar-refractivity contribution in [2.45, 2.75) is 62.5 Å². The summed E-state index contributed by atoms with van der Waals surface area (Å²) in [6.07, 6.45) is 2.09. The van der Waals surface area contributed by atoms with E-state index in [9.17, 15) is 22.7 Å². The summed E-state index contributed by atoms with van der Waals surface area (Å²) < 4.78 is 41.8. The number of aryl methyl sites for hydroxylation is 1. The van der Waals surface area contributed by atoms with Crippen molar-refractivity contribution in [2.75, 3.05) is 20.1 Å². The Kier molecular flexibility index (Phi) is 10.1. The number of fused-ring (bicyclic) bond motifs is 1. The minimum absolute atomic E-state index is 0.0662. The van der Waals surface area contributed by atoms with Crippen molar-refractivity contribution >= 4 is 27.6 Å². The number of aliphatic hydroxyl groups is 1. The molecule has 0 spiro atoms. The number of aliphatic hydroxyl groups excluding tert-OH is 1. The van der Waals surface area contributed by atoms with E-state index in [1.807, 2.05) is 0 Å². The summed E-state index contributed by atoms with van der Waals surface area (Å²) in [4.78, 5) is 11.0. The number of benzene rings is 3. The molecule has 3 N–H and O–H groups in total. The lowest BCUT2D eigenvalue weighted by Gasteiger charge is -2.31. The lowest BCUT2D eigenvalue weighted by atomic mass is 9.88. The van der Waals surface area contributed by atoms with Crippen molar-refractivity contribution in [1.29, 1.82) is 0 Å². The van der Waals surface area contributed by atoms with Gasteiger partial charge in [0, 0.05) is 42.7 Å². The molecule has 0 amide bonds. The van der Waals surface area contributed by atoms with Crippen molar-refractivity contribution in [1.82, 2.24) is 9.62 Å². The van der Waals surface area contributed by atoms with E-state index < -0.39 is 27.9 Å². The molecule has 0 radical (unpaired) electrons. The third-order valence-corrected chi connectivity index (χ3v) is 9.97. The van der Waals surface area contributed by atoms with Crippen LogP contribution in [0.1, 0.15) is 43.4 Å². The van der Waals surface area contributed by atoms with Gasteiger partial charge in [-0.25, -0.2) is 12.8 Å². The van der Waals surface area contributed by atoms with E-state index in [-0.39, 0.29) is 41.4 Å². The molecule has 0 aliphatic heterocycles. The van der Waals surface area contributed by atoms with Crippen LogP contribution < -0.4 is 5.32 Å². The zero-order chi connectivity index (χ0) is 30.7. The number of rotatable bonds is 13. The minimum Gasteiger partial charge on any atom is -0.481 e. The predicted molar refractivity (Wildman–Crippen MR) is 163 cm³/mol. The van der Waals surface area contributed by atoms with Crippen LogP contribution in [0.25, 0.3) is 11.1 Å². The third-order valence-electron chi connectivity index (χ3n) is 7.84. The van der Waals surface area contributed by atoms with E-state index in [2.05, 4.69) is 43.4 Å². The first-order valence-electron chi connectivity index (χ1n) is 14.0. The first-order valence-corrected chi connectivity index (χ1v) is 15.8. The molecular weight excluding hydrogens is 579 g/mol. The van der Waals surface area contributed by atoms with Gasteiger partial charge in [0.15, 0.2) is 0 Å². The summed E-state index contributed by atoms with van der Waals surface area (Å²) in [5.74, 6) is -0.990. The first kappa shape index (κ1) is 32.1. The molecule has 1 atom stereocenters. The Balaban J connectivity index is 1.38. The lowest BCUT2D eigenvalue weighted by Crippen LogP contribution is -2.47. The molecule has 0 saturated carbocycles. The smallest absolute Gasteiger partial charge is 0.303 e. The van der Waals surface area contributed by atoms with Gasteiger partial charge in [0.05, 0.1) is 11.0 Å². The number of carboxylic acid groups (broad SMARTS) is 1. The Morgan fingerprint density at radius 1 is 1.10 bits per heavy atom. The van der Waals surface area contributed by atoms with Crippen LogP contribution >= 0.6 is 11.6 Å². The van der Waals surface area contributed by atoms with Crippen LogP contribution in [0, 0.1) is 11.7 Å². The van der Waals surface area contributed by atoms with Crippen molar-refractivity contribution in [3.63, 3.8) is 0 Å². The van der Waals surface area contributed by atoms with Gasteiger partial charge in [-0.15, -0.1) is 0 Å². The largest absolute Gasteiger partial charge is 0.481 e. The number of β-amino-alcohol motifs (C(OH)–C–C–N with tert-alkyl or cyclic N) is 1. The SMILES string of the molecule is CN(CC(O)CNC(C)(C)CC1Cc2ccccc2C1)S(=O)(=O)c1ccc(-c2cc(F)ccc2CCC(=O)O)c(Cl)c1. The maximum Gasteiger partial charge on any atom is 0.303 e. The molecule has 3 aromatic carbocycles. The number of carbonyl (C=O) groups is 1. The number of nitrogens with zero attached hydrogens (tertiary/aromatic N) is 1. The summed E-state index contributed by atoms with van der Waals surface area (Å²) in [6, 6.07) is 16.7. The van der Waals surface area contributed by atoms with Crippen LogP contribution in [0.4, 0.5) is 4.39 Å². The molecule has 0 aromatic heterocycles. The van der Waals surface area contributed by atoms with E-state index in [0.29, 0.717) is 22.6 Å². The van der Waals surface area contributed by atoms with Crippen LogP contribution in [0.15, 0.2) is 65.6 Å². The van der Waals surface area contributed by atoms with Gasteiger partial charge in [-0.1, -0.05) is 48.0 Å². The summed E-state index contributed by atoms with van der Waals surface area (Å²) >= 11 is 6.49. The standard InChI is InChI=1S/C32H38ClFN2O5S/c1-32(2,18-21-14-23-6-4-5-7-24(23)15-21)35-19-26(37)20-36(3)42(40,41)27-11-12-28(30(33)17-27)29-16-25(34)10-8-22(29)9-13-31(38)39/h4-8,10-12,16-17,21,26,35,37H,9,13-15,18-20H2,1-3H3,(H,38,39). The number of aliphatic carboxylic acids is 1. The van der Waals surface area contributed by atoms with Crippen LogP contribution in [0.2, 0.25) is 5.02 Å². The topological polar surface area (TPSA) is 107 Å². The highest BCUT2D eigenvalue weighted by Crippen LogP contribution is 2.35. The van der Waals surface area contributed by atoms with Gasteiger partial charge in [-0.3, -0.25) is 4.79 Å².